The van der Waals surface area contributed by atoms with E-state index in [0.29, 0.717) is 12.6 Å². The maximum Gasteiger partial charge on any atom is 0.119 e. The number of nitrogens with zero attached hydrogens (tertiary/aromatic N) is 1. The predicted octanol–water partition coefficient (Wildman–Crippen LogP) is 2.15. The summed E-state index contributed by atoms with van der Waals surface area (Å²) in [6, 6.07) is 8.33. The van der Waals surface area contributed by atoms with Crippen molar-refractivity contribution >= 4 is 0 Å². The van der Waals surface area contributed by atoms with Crippen molar-refractivity contribution in [1.29, 1.82) is 0 Å². The number of hydrogen-bond donors (Lipinski definition) is 1. The molecular weight excluding hydrogens is 252 g/mol. The van der Waals surface area contributed by atoms with Gasteiger partial charge >= 0.3 is 0 Å². The Hall–Kier alpha value is -1.26. The van der Waals surface area contributed by atoms with Crippen LogP contribution in [0, 0.1) is 0 Å². The van der Waals surface area contributed by atoms with Crippen molar-refractivity contribution in [3.63, 3.8) is 0 Å². The van der Waals surface area contributed by atoms with E-state index in [2.05, 4.69) is 17.1 Å². The first-order valence-corrected chi connectivity index (χ1v) is 7.51. The summed E-state index contributed by atoms with van der Waals surface area (Å²) in [5.74, 6) is 1.75. The largest absolute Gasteiger partial charge is 0.497 e. The van der Waals surface area contributed by atoms with E-state index in [1.807, 2.05) is 24.3 Å². The van der Waals surface area contributed by atoms with Gasteiger partial charge in [-0.05, 0) is 57.1 Å². The molecule has 1 aliphatic rings. The Labute approximate surface area is 122 Å². The summed E-state index contributed by atoms with van der Waals surface area (Å²) in [5, 5.41) is 3.46. The average molecular weight is 278 g/mol. The SMILES string of the molecule is COc1ccc(OCCNCC(C)N2CCCC2)cc1. The van der Waals surface area contributed by atoms with Crippen LogP contribution >= 0.6 is 0 Å². The Morgan fingerprint density at radius 1 is 1.15 bits per heavy atom. The zero-order valence-corrected chi connectivity index (χ0v) is 12.6. The van der Waals surface area contributed by atoms with E-state index in [9.17, 15) is 0 Å². The molecule has 1 aromatic carbocycles. The molecule has 1 saturated heterocycles. The van der Waals surface area contributed by atoms with Gasteiger partial charge in [0.15, 0.2) is 0 Å². The molecule has 1 heterocycles. The highest BCUT2D eigenvalue weighted by atomic mass is 16.5. The Kier molecular flexibility index (Phi) is 6.15. The second-order valence-electron chi connectivity index (χ2n) is 5.32. The van der Waals surface area contributed by atoms with Gasteiger partial charge in [0, 0.05) is 19.1 Å². The first kappa shape index (κ1) is 15.1. The second kappa shape index (κ2) is 8.12. The fourth-order valence-corrected chi connectivity index (χ4v) is 2.54. The number of methoxy groups -OCH3 is 1. The highest BCUT2D eigenvalue weighted by Gasteiger charge is 2.17. The smallest absolute Gasteiger partial charge is 0.119 e. The summed E-state index contributed by atoms with van der Waals surface area (Å²) in [7, 11) is 1.67. The molecule has 0 radical (unpaired) electrons. The van der Waals surface area contributed by atoms with Crippen LogP contribution in [-0.2, 0) is 0 Å². The molecule has 0 spiro atoms. The molecule has 4 nitrogen and oxygen atoms in total. The molecule has 1 fully saturated rings. The quantitative estimate of drug-likeness (QED) is 0.739. The number of hydrogen-bond acceptors (Lipinski definition) is 4. The van der Waals surface area contributed by atoms with Gasteiger partial charge in [0.25, 0.3) is 0 Å². The lowest BCUT2D eigenvalue weighted by molar-refractivity contribution is 0.244. The maximum absolute atomic E-state index is 5.68. The summed E-state index contributed by atoms with van der Waals surface area (Å²) in [4.78, 5) is 2.55. The van der Waals surface area contributed by atoms with Crippen molar-refractivity contribution in [1.82, 2.24) is 10.2 Å². The minimum atomic E-state index is 0.624. The van der Waals surface area contributed by atoms with E-state index in [-0.39, 0.29) is 0 Å². The van der Waals surface area contributed by atoms with E-state index < -0.39 is 0 Å². The lowest BCUT2D eigenvalue weighted by Crippen LogP contribution is -2.39. The molecule has 0 saturated carbocycles. The molecule has 1 N–H and O–H groups in total. The first-order chi connectivity index (χ1) is 9.79. The predicted molar refractivity (Wildman–Crippen MR) is 81.6 cm³/mol. The van der Waals surface area contributed by atoms with E-state index in [4.69, 9.17) is 9.47 Å². The molecule has 1 unspecified atom stereocenters. The van der Waals surface area contributed by atoms with Gasteiger partial charge in [-0.1, -0.05) is 0 Å². The molecule has 20 heavy (non-hydrogen) atoms. The third kappa shape index (κ3) is 4.69. The summed E-state index contributed by atoms with van der Waals surface area (Å²) in [5.41, 5.74) is 0. The van der Waals surface area contributed by atoms with Crippen LogP contribution in [0.3, 0.4) is 0 Å². The van der Waals surface area contributed by atoms with Crippen molar-refractivity contribution < 1.29 is 9.47 Å². The lowest BCUT2D eigenvalue weighted by atomic mass is 10.3. The van der Waals surface area contributed by atoms with Crippen molar-refractivity contribution in [3.05, 3.63) is 24.3 Å². The van der Waals surface area contributed by atoms with Crippen molar-refractivity contribution in [3.8, 4) is 11.5 Å². The molecule has 4 heteroatoms. The molecule has 0 aromatic heterocycles. The molecule has 0 amide bonds. The molecule has 1 aromatic rings. The Morgan fingerprint density at radius 3 is 2.45 bits per heavy atom. The van der Waals surface area contributed by atoms with Gasteiger partial charge in [-0.3, -0.25) is 4.90 Å². The van der Waals surface area contributed by atoms with Gasteiger partial charge in [-0.15, -0.1) is 0 Å². The fraction of sp³-hybridized carbons (Fsp3) is 0.625. The van der Waals surface area contributed by atoms with Crippen molar-refractivity contribution in [2.45, 2.75) is 25.8 Å². The third-order valence-electron chi connectivity index (χ3n) is 3.81. The maximum atomic E-state index is 5.68. The van der Waals surface area contributed by atoms with Crippen LogP contribution in [-0.4, -0.2) is 50.8 Å². The van der Waals surface area contributed by atoms with E-state index >= 15 is 0 Å². The molecule has 1 aliphatic heterocycles. The van der Waals surface area contributed by atoms with Crippen LogP contribution in [0.1, 0.15) is 19.8 Å². The number of ether oxygens (including phenoxy) is 2. The van der Waals surface area contributed by atoms with E-state index in [0.717, 1.165) is 24.6 Å². The highest BCUT2D eigenvalue weighted by Crippen LogP contribution is 2.16. The molecule has 2 rings (SSSR count). The molecule has 112 valence electrons. The Morgan fingerprint density at radius 2 is 1.80 bits per heavy atom. The minimum Gasteiger partial charge on any atom is -0.497 e. The van der Waals surface area contributed by atoms with Crippen LogP contribution in [0.4, 0.5) is 0 Å². The summed E-state index contributed by atoms with van der Waals surface area (Å²) in [6.07, 6.45) is 2.70. The minimum absolute atomic E-state index is 0.624. The van der Waals surface area contributed by atoms with Crippen molar-refractivity contribution in [2.75, 3.05) is 39.9 Å². The molecule has 0 bridgehead atoms. The van der Waals surface area contributed by atoms with Gasteiger partial charge < -0.3 is 14.8 Å². The zero-order chi connectivity index (χ0) is 14.2. The van der Waals surface area contributed by atoms with Crippen LogP contribution in [0.5, 0.6) is 11.5 Å². The molecule has 0 aliphatic carbocycles. The first-order valence-electron chi connectivity index (χ1n) is 7.51. The molecular formula is C16H26N2O2. The van der Waals surface area contributed by atoms with E-state index in [1.165, 1.54) is 25.9 Å². The summed E-state index contributed by atoms with van der Waals surface area (Å²) in [6.45, 7) is 7.41. The Balaban J connectivity index is 1.56. The normalized spacial score (nSPS) is 17.1. The van der Waals surface area contributed by atoms with Gasteiger partial charge in [0.2, 0.25) is 0 Å². The standard InChI is InChI=1S/C16H26N2O2/c1-14(18-10-3-4-11-18)13-17-9-12-20-16-7-5-15(19-2)6-8-16/h5-8,14,17H,3-4,9-13H2,1-2H3. The van der Waals surface area contributed by atoms with Crippen molar-refractivity contribution in [2.24, 2.45) is 0 Å². The summed E-state index contributed by atoms with van der Waals surface area (Å²) < 4.78 is 10.8. The summed E-state index contributed by atoms with van der Waals surface area (Å²) >= 11 is 0. The fourth-order valence-electron chi connectivity index (χ4n) is 2.54. The Bertz CT molecular complexity index is 375. The van der Waals surface area contributed by atoms with Crippen LogP contribution in [0.25, 0.3) is 0 Å². The number of rotatable bonds is 8. The highest BCUT2D eigenvalue weighted by molar-refractivity contribution is 5.31. The number of nitrogens with one attached hydrogen (secondary N) is 1. The van der Waals surface area contributed by atoms with Gasteiger partial charge in [-0.2, -0.15) is 0 Å². The number of likely N-dealkylation sites (tertiary alicyclic amines) is 1. The number of benzene rings is 1. The second-order valence-corrected chi connectivity index (χ2v) is 5.32. The third-order valence-corrected chi connectivity index (χ3v) is 3.81. The molecule has 1 atom stereocenters. The average Bonchev–Trinajstić information content (AvgIpc) is 3.01. The topological polar surface area (TPSA) is 33.7 Å². The van der Waals surface area contributed by atoms with Crippen LogP contribution < -0.4 is 14.8 Å². The van der Waals surface area contributed by atoms with E-state index in [1.54, 1.807) is 7.11 Å². The van der Waals surface area contributed by atoms with Gasteiger partial charge in [-0.25, -0.2) is 0 Å². The van der Waals surface area contributed by atoms with Gasteiger partial charge in [0.1, 0.15) is 18.1 Å². The monoisotopic (exact) mass is 278 g/mol. The zero-order valence-electron chi connectivity index (χ0n) is 12.6. The van der Waals surface area contributed by atoms with Crippen LogP contribution in [0.15, 0.2) is 24.3 Å². The lowest BCUT2D eigenvalue weighted by Gasteiger charge is -2.23. The van der Waals surface area contributed by atoms with Crippen LogP contribution in [0.2, 0.25) is 0 Å². The van der Waals surface area contributed by atoms with Gasteiger partial charge in [0.05, 0.1) is 7.11 Å².